The quantitative estimate of drug-likeness (QED) is 0.845. The molecule has 1 aromatic carbocycles. The first-order valence-corrected chi connectivity index (χ1v) is 6.94. The number of anilines is 1. The number of amides is 2. The molecule has 2 amide bonds. The van der Waals surface area contributed by atoms with Crippen molar-refractivity contribution in [3.8, 4) is 0 Å². The predicted octanol–water partition coefficient (Wildman–Crippen LogP) is 0.947. The van der Waals surface area contributed by atoms with E-state index in [1.807, 2.05) is 24.3 Å². The van der Waals surface area contributed by atoms with Crippen molar-refractivity contribution >= 4 is 23.5 Å². The van der Waals surface area contributed by atoms with E-state index in [0.29, 0.717) is 6.54 Å². The van der Waals surface area contributed by atoms with Gasteiger partial charge in [0.05, 0.1) is 13.0 Å². The molecule has 0 fully saturated rings. The lowest BCUT2D eigenvalue weighted by Gasteiger charge is -2.29. The van der Waals surface area contributed by atoms with Crippen molar-refractivity contribution in [1.29, 1.82) is 0 Å². The van der Waals surface area contributed by atoms with Gasteiger partial charge in [0.25, 0.3) is 0 Å². The van der Waals surface area contributed by atoms with Gasteiger partial charge < -0.3 is 15.3 Å². The van der Waals surface area contributed by atoms with Crippen molar-refractivity contribution in [2.24, 2.45) is 0 Å². The summed E-state index contributed by atoms with van der Waals surface area (Å²) in [6.07, 6.45) is 1.51. The topological polar surface area (TPSA) is 86.7 Å². The van der Waals surface area contributed by atoms with Crippen LogP contribution in [0, 0.1) is 0 Å². The fourth-order valence-electron chi connectivity index (χ4n) is 2.37. The van der Waals surface area contributed by atoms with Gasteiger partial charge >= 0.3 is 5.97 Å². The van der Waals surface area contributed by atoms with Gasteiger partial charge in [-0.3, -0.25) is 14.4 Å². The fraction of sp³-hybridized carbons (Fsp3) is 0.400. The molecule has 0 aliphatic carbocycles. The number of hydrogen-bond acceptors (Lipinski definition) is 3. The van der Waals surface area contributed by atoms with Crippen LogP contribution in [-0.2, 0) is 20.8 Å². The Morgan fingerprint density at radius 3 is 2.71 bits per heavy atom. The van der Waals surface area contributed by atoms with Crippen LogP contribution in [0.15, 0.2) is 24.3 Å². The number of nitrogens with one attached hydrogen (secondary N) is 1. The molecular weight excluding hydrogens is 272 g/mol. The number of rotatable bonds is 5. The largest absolute Gasteiger partial charge is 0.481 e. The van der Waals surface area contributed by atoms with Gasteiger partial charge in [0.15, 0.2) is 0 Å². The summed E-state index contributed by atoms with van der Waals surface area (Å²) in [6, 6.07) is 7.73. The lowest BCUT2D eigenvalue weighted by Crippen LogP contribution is -2.42. The van der Waals surface area contributed by atoms with E-state index in [-0.39, 0.29) is 25.3 Å². The van der Waals surface area contributed by atoms with Crippen LogP contribution < -0.4 is 10.2 Å². The Morgan fingerprint density at radius 2 is 1.95 bits per heavy atom. The summed E-state index contributed by atoms with van der Waals surface area (Å²) in [4.78, 5) is 35.7. The maximum absolute atomic E-state index is 12.2. The second-order valence-corrected chi connectivity index (χ2v) is 4.95. The molecule has 6 nitrogen and oxygen atoms in total. The van der Waals surface area contributed by atoms with Gasteiger partial charge in [-0.05, 0) is 24.5 Å². The van der Waals surface area contributed by atoms with Crippen LogP contribution in [0.1, 0.15) is 24.8 Å². The molecule has 0 aromatic heterocycles. The normalized spacial score (nSPS) is 13.4. The molecule has 6 heteroatoms. The van der Waals surface area contributed by atoms with Crippen molar-refractivity contribution in [1.82, 2.24) is 5.32 Å². The Kier molecular flexibility index (Phi) is 4.92. The molecule has 0 saturated carbocycles. The Morgan fingerprint density at radius 1 is 1.19 bits per heavy atom. The van der Waals surface area contributed by atoms with Crippen molar-refractivity contribution in [3.05, 3.63) is 29.8 Å². The van der Waals surface area contributed by atoms with E-state index in [1.165, 1.54) is 0 Å². The molecule has 21 heavy (non-hydrogen) atoms. The average Bonchev–Trinajstić information content (AvgIpc) is 2.50. The van der Waals surface area contributed by atoms with E-state index in [9.17, 15) is 14.4 Å². The van der Waals surface area contributed by atoms with E-state index in [2.05, 4.69) is 5.32 Å². The smallest absolute Gasteiger partial charge is 0.303 e. The van der Waals surface area contributed by atoms with Crippen LogP contribution in [0.2, 0.25) is 0 Å². The minimum atomic E-state index is -1.03. The van der Waals surface area contributed by atoms with Crippen LogP contribution in [0.3, 0.4) is 0 Å². The maximum Gasteiger partial charge on any atom is 0.303 e. The van der Waals surface area contributed by atoms with Crippen molar-refractivity contribution in [3.63, 3.8) is 0 Å². The zero-order valence-electron chi connectivity index (χ0n) is 11.7. The molecule has 0 saturated heterocycles. The standard InChI is InChI=1S/C15H18N2O4/c18-13(7-8-15(20)21)16-10-14(19)17-9-3-5-11-4-1-2-6-12(11)17/h1-2,4,6H,3,5,7-10H2,(H,16,18)(H,20,21). The number of carboxylic acid groups (broad SMARTS) is 1. The molecule has 2 N–H and O–H groups in total. The molecule has 0 bridgehead atoms. The monoisotopic (exact) mass is 290 g/mol. The summed E-state index contributed by atoms with van der Waals surface area (Å²) >= 11 is 0. The minimum Gasteiger partial charge on any atom is -0.481 e. The number of nitrogens with zero attached hydrogens (tertiary/aromatic N) is 1. The third-order valence-corrected chi connectivity index (χ3v) is 3.41. The van der Waals surface area contributed by atoms with Gasteiger partial charge in [-0.15, -0.1) is 0 Å². The molecule has 1 aromatic rings. The highest BCUT2D eigenvalue weighted by atomic mass is 16.4. The first-order chi connectivity index (χ1) is 10.1. The van der Waals surface area contributed by atoms with Crippen LogP contribution in [-0.4, -0.2) is 36.0 Å². The number of aryl methyl sites for hydroxylation is 1. The predicted molar refractivity (Wildman–Crippen MR) is 77.0 cm³/mol. The van der Waals surface area contributed by atoms with Gasteiger partial charge in [-0.2, -0.15) is 0 Å². The molecule has 0 radical (unpaired) electrons. The first-order valence-electron chi connectivity index (χ1n) is 6.94. The van der Waals surface area contributed by atoms with Crippen LogP contribution in [0.5, 0.6) is 0 Å². The number of fused-ring (bicyclic) bond motifs is 1. The van der Waals surface area contributed by atoms with Gasteiger partial charge in [0.1, 0.15) is 0 Å². The Hall–Kier alpha value is -2.37. The van der Waals surface area contributed by atoms with Crippen molar-refractivity contribution in [2.75, 3.05) is 18.0 Å². The summed E-state index contributed by atoms with van der Waals surface area (Å²) in [5.74, 6) is -1.62. The summed E-state index contributed by atoms with van der Waals surface area (Å²) in [5.41, 5.74) is 2.03. The first kappa shape index (κ1) is 15.0. The lowest BCUT2D eigenvalue weighted by molar-refractivity contribution is -0.138. The molecule has 112 valence electrons. The van der Waals surface area contributed by atoms with Gasteiger partial charge in [-0.1, -0.05) is 18.2 Å². The van der Waals surface area contributed by atoms with Gasteiger partial charge in [0.2, 0.25) is 11.8 Å². The van der Waals surface area contributed by atoms with E-state index in [0.717, 1.165) is 24.1 Å². The molecule has 0 unspecified atom stereocenters. The Labute approximate surface area is 122 Å². The zero-order valence-corrected chi connectivity index (χ0v) is 11.7. The summed E-state index contributed by atoms with van der Waals surface area (Å²) in [6.45, 7) is 0.535. The molecule has 1 heterocycles. The number of carbonyl (C=O) groups is 3. The van der Waals surface area contributed by atoms with E-state index < -0.39 is 11.9 Å². The number of carboxylic acids is 1. The van der Waals surface area contributed by atoms with Gasteiger partial charge in [0, 0.05) is 18.7 Å². The summed E-state index contributed by atoms with van der Waals surface area (Å²) in [5, 5.41) is 11.0. The second-order valence-electron chi connectivity index (χ2n) is 4.95. The summed E-state index contributed by atoms with van der Waals surface area (Å²) < 4.78 is 0. The third-order valence-electron chi connectivity index (χ3n) is 3.41. The van der Waals surface area contributed by atoms with Crippen molar-refractivity contribution in [2.45, 2.75) is 25.7 Å². The number of hydrogen-bond donors (Lipinski definition) is 2. The van der Waals surface area contributed by atoms with Crippen LogP contribution in [0.4, 0.5) is 5.69 Å². The Balaban J connectivity index is 1.90. The van der Waals surface area contributed by atoms with Crippen LogP contribution in [0.25, 0.3) is 0 Å². The average molecular weight is 290 g/mol. The molecule has 0 spiro atoms. The molecule has 1 aliphatic heterocycles. The zero-order chi connectivity index (χ0) is 15.2. The second kappa shape index (κ2) is 6.88. The third kappa shape index (κ3) is 4.05. The highest BCUT2D eigenvalue weighted by molar-refractivity contribution is 5.97. The molecule has 1 aliphatic rings. The molecular formula is C15H18N2O4. The van der Waals surface area contributed by atoms with E-state index in [4.69, 9.17) is 5.11 Å². The lowest BCUT2D eigenvalue weighted by atomic mass is 10.0. The van der Waals surface area contributed by atoms with E-state index in [1.54, 1.807) is 4.90 Å². The number of para-hydroxylation sites is 1. The van der Waals surface area contributed by atoms with Crippen molar-refractivity contribution < 1.29 is 19.5 Å². The minimum absolute atomic E-state index is 0.104. The van der Waals surface area contributed by atoms with Crippen LogP contribution >= 0.6 is 0 Å². The molecule has 2 rings (SSSR count). The number of benzene rings is 1. The van der Waals surface area contributed by atoms with Gasteiger partial charge in [-0.25, -0.2) is 0 Å². The SMILES string of the molecule is O=C(O)CCC(=O)NCC(=O)N1CCCc2ccccc21. The molecule has 0 atom stereocenters. The fourth-order valence-corrected chi connectivity index (χ4v) is 2.37. The highest BCUT2D eigenvalue weighted by Crippen LogP contribution is 2.26. The summed E-state index contributed by atoms with van der Waals surface area (Å²) in [7, 11) is 0. The Bertz CT molecular complexity index is 556. The van der Waals surface area contributed by atoms with E-state index >= 15 is 0 Å². The maximum atomic E-state index is 12.2. The highest BCUT2D eigenvalue weighted by Gasteiger charge is 2.22. The number of carbonyl (C=O) groups excluding carboxylic acids is 2. The number of aliphatic carboxylic acids is 1.